The van der Waals surface area contributed by atoms with Gasteiger partial charge in [-0.3, -0.25) is 0 Å². The molecule has 0 saturated carbocycles. The van der Waals surface area contributed by atoms with Crippen LogP contribution in [0.1, 0.15) is 13.8 Å². The fraction of sp³-hybridized carbons (Fsp3) is 0.833. The molecule has 0 spiro atoms. The summed E-state index contributed by atoms with van der Waals surface area (Å²) in [6.07, 6.45) is 0.316. The lowest BCUT2D eigenvalue weighted by molar-refractivity contribution is 0.0311. The van der Waals surface area contributed by atoms with E-state index in [1.54, 1.807) is 12.3 Å². The van der Waals surface area contributed by atoms with Crippen molar-refractivity contribution in [2.24, 2.45) is 5.92 Å². The minimum Gasteiger partial charge on any atom is -0.380 e. The Hall–Kier alpha value is -0.123. The maximum absolute atomic E-state index is 5.76. The van der Waals surface area contributed by atoms with E-state index in [4.69, 9.17) is 9.47 Å². The Labute approximate surface area is 94.7 Å². The number of hydrogen-bond acceptors (Lipinski definition) is 2. The van der Waals surface area contributed by atoms with Crippen LogP contribution >= 0.6 is 0 Å². The molecule has 15 heavy (non-hydrogen) atoms. The van der Waals surface area contributed by atoms with Gasteiger partial charge in [-0.15, -0.1) is 0 Å². The second kappa shape index (κ2) is 4.81. The second-order valence-electron chi connectivity index (χ2n) is 5.29. The predicted molar refractivity (Wildman–Crippen MR) is 66.8 cm³/mol. The van der Waals surface area contributed by atoms with E-state index in [2.05, 4.69) is 33.5 Å². The molecule has 0 saturated heterocycles. The summed E-state index contributed by atoms with van der Waals surface area (Å²) in [7, 11) is 0.576. The van der Waals surface area contributed by atoms with Gasteiger partial charge < -0.3 is 9.47 Å². The lowest BCUT2D eigenvalue weighted by Crippen LogP contribution is -2.47. The summed E-state index contributed by atoms with van der Waals surface area (Å²) in [6.45, 7) is 13.1. The fourth-order valence-corrected chi connectivity index (χ4v) is 5.40. The molecule has 0 radical (unpaired) electrons. The van der Waals surface area contributed by atoms with E-state index in [1.165, 1.54) is 5.57 Å². The SMILES string of the molecule is CCO[C@H]1C(COC)=C([Si](C)(C)C)[C@H]1C. The second-order valence-corrected chi connectivity index (χ2v) is 10.3. The van der Waals surface area contributed by atoms with Crippen LogP contribution in [0.3, 0.4) is 0 Å². The molecule has 0 N–H and O–H groups in total. The summed E-state index contributed by atoms with van der Waals surface area (Å²) in [5.41, 5.74) is 1.42. The van der Waals surface area contributed by atoms with Gasteiger partial charge in [-0.25, -0.2) is 0 Å². The first-order chi connectivity index (χ1) is 6.93. The van der Waals surface area contributed by atoms with Crippen LogP contribution in [0.4, 0.5) is 0 Å². The van der Waals surface area contributed by atoms with Crippen molar-refractivity contribution in [3.05, 3.63) is 10.8 Å². The summed E-state index contributed by atoms with van der Waals surface area (Å²) in [4.78, 5) is 0. The fourth-order valence-electron chi connectivity index (χ4n) is 2.71. The molecule has 0 aromatic heterocycles. The highest BCUT2D eigenvalue weighted by Crippen LogP contribution is 2.42. The van der Waals surface area contributed by atoms with Gasteiger partial charge >= 0.3 is 0 Å². The third kappa shape index (κ3) is 2.52. The molecule has 2 nitrogen and oxygen atoms in total. The minimum atomic E-state index is -1.19. The summed E-state index contributed by atoms with van der Waals surface area (Å²) >= 11 is 0. The first-order valence-electron chi connectivity index (χ1n) is 5.77. The van der Waals surface area contributed by atoms with Gasteiger partial charge in [0.05, 0.1) is 20.8 Å². The van der Waals surface area contributed by atoms with Gasteiger partial charge in [0, 0.05) is 19.6 Å². The summed E-state index contributed by atoms with van der Waals surface area (Å²) < 4.78 is 11.0. The molecule has 88 valence electrons. The van der Waals surface area contributed by atoms with Crippen molar-refractivity contribution in [1.29, 1.82) is 0 Å². The average Bonchev–Trinajstić information content (AvgIpc) is 2.11. The summed E-state index contributed by atoms with van der Waals surface area (Å²) in [5.74, 6) is 0.599. The summed E-state index contributed by atoms with van der Waals surface area (Å²) in [6, 6.07) is 0. The van der Waals surface area contributed by atoms with Crippen molar-refractivity contribution in [2.75, 3.05) is 20.3 Å². The smallest absolute Gasteiger partial charge is 0.0865 e. The monoisotopic (exact) mass is 228 g/mol. The molecule has 0 heterocycles. The van der Waals surface area contributed by atoms with Crippen LogP contribution in [0.15, 0.2) is 10.8 Å². The van der Waals surface area contributed by atoms with E-state index < -0.39 is 8.07 Å². The number of ether oxygens (including phenoxy) is 2. The standard InChI is InChI=1S/C12H24O2Si/c1-7-14-11-9(2)12(15(4,5)6)10(11)8-13-3/h9,11H,7-8H2,1-6H3/t9-,11+/m0/s1. The zero-order valence-corrected chi connectivity index (χ0v) is 11.9. The van der Waals surface area contributed by atoms with Gasteiger partial charge in [0.25, 0.3) is 0 Å². The highest BCUT2D eigenvalue weighted by molar-refractivity contribution is 6.83. The van der Waals surface area contributed by atoms with Gasteiger partial charge in [0.1, 0.15) is 0 Å². The Morgan fingerprint density at radius 1 is 1.27 bits per heavy atom. The van der Waals surface area contributed by atoms with Gasteiger partial charge in [-0.2, -0.15) is 0 Å². The highest BCUT2D eigenvalue weighted by Gasteiger charge is 2.43. The Bertz CT molecular complexity index is 253. The molecule has 0 bridgehead atoms. The third-order valence-corrected chi connectivity index (χ3v) is 5.45. The maximum Gasteiger partial charge on any atom is 0.0865 e. The molecule has 0 aliphatic heterocycles. The molecule has 0 aromatic rings. The average molecular weight is 228 g/mol. The van der Waals surface area contributed by atoms with Crippen LogP contribution in [0.5, 0.6) is 0 Å². The molecule has 0 unspecified atom stereocenters. The molecule has 1 rings (SSSR count). The zero-order valence-electron chi connectivity index (χ0n) is 10.9. The Kier molecular flexibility index (Phi) is 4.15. The number of hydrogen-bond donors (Lipinski definition) is 0. The Morgan fingerprint density at radius 2 is 1.87 bits per heavy atom. The van der Waals surface area contributed by atoms with E-state index in [-0.39, 0.29) is 0 Å². The minimum absolute atomic E-state index is 0.316. The summed E-state index contributed by atoms with van der Waals surface area (Å²) in [5, 5.41) is 1.66. The first kappa shape index (κ1) is 12.9. The molecule has 0 amide bonds. The van der Waals surface area contributed by atoms with Crippen molar-refractivity contribution in [3.8, 4) is 0 Å². The van der Waals surface area contributed by atoms with Gasteiger partial charge in [-0.05, 0) is 12.5 Å². The van der Waals surface area contributed by atoms with Crippen LogP contribution in [0, 0.1) is 5.92 Å². The van der Waals surface area contributed by atoms with Gasteiger partial charge in [-0.1, -0.05) is 31.8 Å². The Morgan fingerprint density at radius 3 is 2.27 bits per heavy atom. The van der Waals surface area contributed by atoms with E-state index in [9.17, 15) is 0 Å². The third-order valence-electron chi connectivity index (χ3n) is 3.05. The molecular weight excluding hydrogens is 204 g/mol. The van der Waals surface area contributed by atoms with Crippen molar-refractivity contribution in [2.45, 2.75) is 39.6 Å². The van der Waals surface area contributed by atoms with Crippen LogP contribution < -0.4 is 0 Å². The molecular formula is C12H24O2Si. The van der Waals surface area contributed by atoms with Crippen molar-refractivity contribution in [3.63, 3.8) is 0 Å². The molecule has 1 aliphatic rings. The topological polar surface area (TPSA) is 18.5 Å². The largest absolute Gasteiger partial charge is 0.380 e. The lowest BCUT2D eigenvalue weighted by Gasteiger charge is -2.45. The maximum atomic E-state index is 5.76. The molecule has 0 fully saturated rings. The molecule has 0 aromatic carbocycles. The van der Waals surface area contributed by atoms with E-state index in [1.807, 2.05) is 0 Å². The zero-order chi connectivity index (χ0) is 11.6. The Balaban J connectivity index is 2.88. The van der Waals surface area contributed by atoms with Gasteiger partial charge in [0.2, 0.25) is 0 Å². The number of methoxy groups -OCH3 is 1. The van der Waals surface area contributed by atoms with E-state index >= 15 is 0 Å². The van der Waals surface area contributed by atoms with Crippen LogP contribution in [0.25, 0.3) is 0 Å². The highest BCUT2D eigenvalue weighted by atomic mass is 28.3. The van der Waals surface area contributed by atoms with Crippen molar-refractivity contribution in [1.82, 2.24) is 0 Å². The molecule has 1 aliphatic carbocycles. The first-order valence-corrected chi connectivity index (χ1v) is 9.27. The normalized spacial score (nSPS) is 26.8. The van der Waals surface area contributed by atoms with Gasteiger partial charge in [0.15, 0.2) is 0 Å². The van der Waals surface area contributed by atoms with Crippen LogP contribution in [0.2, 0.25) is 19.6 Å². The van der Waals surface area contributed by atoms with E-state index in [0.29, 0.717) is 12.0 Å². The molecule has 2 atom stereocenters. The van der Waals surface area contributed by atoms with Crippen LogP contribution in [-0.4, -0.2) is 34.5 Å². The quantitative estimate of drug-likeness (QED) is 0.674. The molecule has 3 heteroatoms. The van der Waals surface area contributed by atoms with E-state index in [0.717, 1.165) is 13.2 Å². The lowest BCUT2D eigenvalue weighted by atomic mass is 9.84. The number of rotatable bonds is 5. The predicted octanol–water partition coefficient (Wildman–Crippen LogP) is 2.86. The van der Waals surface area contributed by atoms with Crippen molar-refractivity contribution < 1.29 is 9.47 Å². The van der Waals surface area contributed by atoms with Crippen molar-refractivity contribution >= 4 is 8.07 Å². The van der Waals surface area contributed by atoms with Crippen LogP contribution in [-0.2, 0) is 9.47 Å².